The molecular weight excluding hydrogens is 209 g/mol. The second-order valence-electron chi connectivity index (χ2n) is 3.03. The number of alkyl halides is 2. The lowest BCUT2D eigenvalue weighted by atomic mass is 10.1. The molecule has 0 spiro atoms. The SMILES string of the molecule is Cc1cc2c(C(F)F)c(F)ccc2s1. The maximum Gasteiger partial charge on any atom is 0.267 e. The first kappa shape index (κ1) is 9.52. The third-order valence-corrected chi connectivity index (χ3v) is 3.05. The normalized spacial score (nSPS) is 11.5. The molecule has 0 unspecified atom stereocenters. The summed E-state index contributed by atoms with van der Waals surface area (Å²) in [7, 11) is 0. The average Bonchev–Trinajstić information content (AvgIpc) is 2.43. The summed E-state index contributed by atoms with van der Waals surface area (Å²) in [5, 5.41) is 0.336. The third-order valence-electron chi connectivity index (χ3n) is 2.03. The van der Waals surface area contributed by atoms with Crippen molar-refractivity contribution in [2.75, 3.05) is 0 Å². The minimum absolute atomic E-state index is 0.336. The van der Waals surface area contributed by atoms with Crippen molar-refractivity contribution in [1.82, 2.24) is 0 Å². The van der Waals surface area contributed by atoms with Crippen LogP contribution >= 0.6 is 11.3 Å². The third kappa shape index (κ3) is 1.39. The van der Waals surface area contributed by atoms with E-state index in [9.17, 15) is 13.2 Å². The molecule has 14 heavy (non-hydrogen) atoms. The predicted octanol–water partition coefficient (Wildman–Crippen LogP) is 4.29. The summed E-state index contributed by atoms with van der Waals surface area (Å²) >= 11 is 1.39. The Morgan fingerprint density at radius 3 is 2.64 bits per heavy atom. The van der Waals surface area contributed by atoms with Gasteiger partial charge in [0.15, 0.2) is 0 Å². The predicted molar refractivity (Wildman–Crippen MR) is 51.5 cm³/mol. The molecule has 0 aliphatic heterocycles. The minimum atomic E-state index is -2.76. The first-order valence-corrected chi connectivity index (χ1v) is 4.88. The standard InChI is InChI=1S/C10H7F3S/c1-5-4-6-8(14-5)3-2-7(11)9(6)10(12)13/h2-4,10H,1H3. The van der Waals surface area contributed by atoms with Crippen LogP contribution < -0.4 is 0 Å². The van der Waals surface area contributed by atoms with Gasteiger partial charge in [0, 0.05) is 15.0 Å². The molecule has 0 saturated carbocycles. The smallest absolute Gasteiger partial charge is 0.206 e. The van der Waals surface area contributed by atoms with E-state index in [0.717, 1.165) is 10.9 Å². The molecule has 1 heterocycles. The Bertz CT molecular complexity index is 473. The van der Waals surface area contributed by atoms with E-state index < -0.39 is 17.8 Å². The number of halogens is 3. The Labute approximate surface area is 83.0 Å². The maximum absolute atomic E-state index is 13.1. The summed E-state index contributed by atoms with van der Waals surface area (Å²) in [6.07, 6.45) is -2.76. The van der Waals surface area contributed by atoms with E-state index in [0.29, 0.717) is 10.1 Å². The van der Waals surface area contributed by atoms with Gasteiger partial charge in [0.1, 0.15) is 5.82 Å². The lowest BCUT2D eigenvalue weighted by molar-refractivity contribution is 0.148. The fourth-order valence-corrected chi connectivity index (χ4v) is 2.39. The molecule has 0 aliphatic rings. The fraction of sp³-hybridized carbons (Fsp3) is 0.200. The second kappa shape index (κ2) is 3.28. The van der Waals surface area contributed by atoms with E-state index in [1.54, 1.807) is 6.07 Å². The Morgan fingerprint density at radius 2 is 2.00 bits per heavy atom. The first-order valence-electron chi connectivity index (χ1n) is 4.06. The molecule has 0 bridgehead atoms. The Kier molecular flexibility index (Phi) is 2.23. The molecule has 4 heteroatoms. The van der Waals surface area contributed by atoms with Gasteiger partial charge in [0.05, 0.1) is 5.56 Å². The highest BCUT2D eigenvalue weighted by molar-refractivity contribution is 7.19. The molecule has 0 saturated heterocycles. The van der Waals surface area contributed by atoms with E-state index in [1.807, 2.05) is 6.92 Å². The lowest BCUT2D eigenvalue weighted by Gasteiger charge is -2.02. The van der Waals surface area contributed by atoms with Crippen LogP contribution in [-0.2, 0) is 0 Å². The second-order valence-corrected chi connectivity index (χ2v) is 4.32. The minimum Gasteiger partial charge on any atom is -0.206 e. The number of thiophene rings is 1. The quantitative estimate of drug-likeness (QED) is 0.667. The van der Waals surface area contributed by atoms with E-state index in [-0.39, 0.29) is 0 Å². The van der Waals surface area contributed by atoms with Gasteiger partial charge in [-0.05, 0) is 25.1 Å². The Balaban J connectivity index is 2.82. The van der Waals surface area contributed by atoms with Crippen LogP contribution in [0, 0.1) is 12.7 Å². The number of hydrogen-bond donors (Lipinski definition) is 0. The fourth-order valence-electron chi connectivity index (χ4n) is 1.46. The van der Waals surface area contributed by atoms with Gasteiger partial charge in [-0.25, -0.2) is 13.2 Å². The first-order chi connectivity index (χ1) is 6.59. The summed E-state index contributed by atoms with van der Waals surface area (Å²) < 4.78 is 38.9. The van der Waals surface area contributed by atoms with E-state index in [1.165, 1.54) is 17.4 Å². The largest absolute Gasteiger partial charge is 0.267 e. The molecule has 0 fully saturated rings. The summed E-state index contributed by atoms with van der Waals surface area (Å²) in [5.41, 5.74) is -0.480. The molecule has 1 aromatic carbocycles. The summed E-state index contributed by atoms with van der Waals surface area (Å²) in [5.74, 6) is -0.828. The highest BCUT2D eigenvalue weighted by atomic mass is 32.1. The zero-order valence-electron chi connectivity index (χ0n) is 7.35. The van der Waals surface area contributed by atoms with Crippen LogP contribution in [0.3, 0.4) is 0 Å². The summed E-state index contributed by atoms with van der Waals surface area (Å²) in [6.45, 7) is 1.82. The van der Waals surface area contributed by atoms with Gasteiger partial charge in [0.2, 0.25) is 0 Å². The molecule has 0 N–H and O–H groups in total. The van der Waals surface area contributed by atoms with Crippen LogP contribution in [0.25, 0.3) is 10.1 Å². The van der Waals surface area contributed by atoms with Gasteiger partial charge in [-0.2, -0.15) is 0 Å². The Morgan fingerprint density at radius 1 is 1.29 bits per heavy atom. The molecule has 0 aliphatic carbocycles. The molecule has 74 valence electrons. The molecule has 2 aromatic rings. The summed E-state index contributed by atoms with van der Waals surface area (Å²) in [4.78, 5) is 0.910. The van der Waals surface area contributed by atoms with Crippen molar-refractivity contribution in [2.45, 2.75) is 13.3 Å². The van der Waals surface area contributed by atoms with Gasteiger partial charge < -0.3 is 0 Å². The molecule has 2 rings (SSSR count). The highest BCUT2D eigenvalue weighted by Gasteiger charge is 2.18. The van der Waals surface area contributed by atoms with Crippen LogP contribution in [0.1, 0.15) is 16.9 Å². The van der Waals surface area contributed by atoms with Crippen molar-refractivity contribution in [3.63, 3.8) is 0 Å². The average molecular weight is 216 g/mol. The molecule has 0 atom stereocenters. The van der Waals surface area contributed by atoms with Crippen LogP contribution in [0.2, 0.25) is 0 Å². The van der Waals surface area contributed by atoms with E-state index >= 15 is 0 Å². The molecule has 0 radical (unpaired) electrons. The maximum atomic E-state index is 13.1. The van der Waals surface area contributed by atoms with E-state index in [4.69, 9.17) is 0 Å². The highest BCUT2D eigenvalue weighted by Crippen LogP contribution is 2.34. The Hall–Kier alpha value is -1.03. The van der Waals surface area contributed by atoms with Crippen molar-refractivity contribution in [3.05, 3.63) is 34.5 Å². The van der Waals surface area contributed by atoms with Crippen LogP contribution in [-0.4, -0.2) is 0 Å². The van der Waals surface area contributed by atoms with Gasteiger partial charge in [-0.1, -0.05) is 0 Å². The van der Waals surface area contributed by atoms with Crippen molar-refractivity contribution < 1.29 is 13.2 Å². The van der Waals surface area contributed by atoms with Crippen LogP contribution in [0.15, 0.2) is 18.2 Å². The lowest BCUT2D eigenvalue weighted by Crippen LogP contribution is -1.90. The monoisotopic (exact) mass is 216 g/mol. The molecule has 1 aromatic heterocycles. The summed E-state index contributed by atoms with van der Waals surface area (Å²) in [6, 6.07) is 4.23. The van der Waals surface area contributed by atoms with Crippen molar-refractivity contribution in [3.8, 4) is 0 Å². The number of benzene rings is 1. The van der Waals surface area contributed by atoms with Gasteiger partial charge in [-0.15, -0.1) is 11.3 Å². The topological polar surface area (TPSA) is 0 Å². The number of fused-ring (bicyclic) bond motifs is 1. The zero-order chi connectivity index (χ0) is 10.3. The zero-order valence-corrected chi connectivity index (χ0v) is 8.17. The number of hydrogen-bond acceptors (Lipinski definition) is 1. The van der Waals surface area contributed by atoms with Gasteiger partial charge in [0.25, 0.3) is 6.43 Å². The molecule has 0 amide bonds. The van der Waals surface area contributed by atoms with Gasteiger partial charge >= 0.3 is 0 Å². The number of aryl methyl sites for hydroxylation is 1. The van der Waals surface area contributed by atoms with Crippen LogP contribution in [0.4, 0.5) is 13.2 Å². The molecular formula is C10H7F3S. The van der Waals surface area contributed by atoms with Gasteiger partial charge in [-0.3, -0.25) is 0 Å². The van der Waals surface area contributed by atoms with E-state index in [2.05, 4.69) is 0 Å². The van der Waals surface area contributed by atoms with Crippen molar-refractivity contribution in [1.29, 1.82) is 0 Å². The molecule has 0 nitrogen and oxygen atoms in total. The van der Waals surface area contributed by atoms with Crippen molar-refractivity contribution >= 4 is 21.4 Å². The number of rotatable bonds is 1. The van der Waals surface area contributed by atoms with Crippen molar-refractivity contribution in [2.24, 2.45) is 0 Å². The van der Waals surface area contributed by atoms with Crippen LogP contribution in [0.5, 0.6) is 0 Å².